The van der Waals surface area contributed by atoms with Crippen molar-refractivity contribution >= 4 is 0 Å². The first-order valence-electron chi connectivity index (χ1n) is 5.20. The lowest BCUT2D eigenvalue weighted by Gasteiger charge is -2.17. The fourth-order valence-corrected chi connectivity index (χ4v) is 1.55. The van der Waals surface area contributed by atoms with Gasteiger partial charge in [-0.15, -0.1) is 0 Å². The minimum absolute atomic E-state index is 0.516. The van der Waals surface area contributed by atoms with Crippen LogP contribution in [0.15, 0.2) is 36.4 Å². The second kappa shape index (κ2) is 6.06. The predicted octanol–water partition coefficient (Wildman–Crippen LogP) is 1.50. The Hall–Kier alpha value is -1.63. The highest BCUT2D eigenvalue weighted by Crippen LogP contribution is 2.07. The molecule has 0 saturated heterocycles. The van der Waals surface area contributed by atoms with Gasteiger partial charge in [-0.3, -0.25) is 4.90 Å². The van der Waals surface area contributed by atoms with E-state index in [1.165, 1.54) is 0 Å². The molecule has 84 valence electrons. The molecule has 1 aromatic rings. The van der Waals surface area contributed by atoms with Crippen molar-refractivity contribution in [3.8, 4) is 6.07 Å². The second-order valence-electron chi connectivity index (χ2n) is 3.94. The summed E-state index contributed by atoms with van der Waals surface area (Å²) in [5.74, 6) is 0. The molecule has 0 amide bonds. The molecule has 0 spiro atoms. The van der Waals surface area contributed by atoms with Crippen molar-refractivity contribution in [1.82, 2.24) is 4.90 Å². The minimum atomic E-state index is 0.516. The molecule has 0 heterocycles. The summed E-state index contributed by atoms with van der Waals surface area (Å²) in [5.41, 5.74) is 8.33. The van der Waals surface area contributed by atoms with Gasteiger partial charge in [0, 0.05) is 19.6 Å². The predicted molar refractivity (Wildman–Crippen MR) is 65.7 cm³/mol. The van der Waals surface area contributed by atoms with E-state index >= 15 is 0 Å². The number of nitriles is 1. The molecule has 1 rings (SSSR count). The van der Waals surface area contributed by atoms with Crippen LogP contribution in [0.25, 0.3) is 0 Å². The molecule has 2 N–H and O–H groups in total. The minimum Gasteiger partial charge on any atom is -0.327 e. The molecular weight excluding hydrogens is 198 g/mol. The van der Waals surface area contributed by atoms with E-state index in [-0.39, 0.29) is 0 Å². The van der Waals surface area contributed by atoms with Crippen LogP contribution in [0.2, 0.25) is 0 Å². The van der Waals surface area contributed by atoms with Crippen LogP contribution < -0.4 is 5.73 Å². The van der Waals surface area contributed by atoms with Crippen LogP contribution in [0.4, 0.5) is 0 Å². The standard InChI is InChI=1S/C13H17N3/c1-11(7-14)9-16(2)10-13-5-3-4-12(6-13)8-15/h3-6H,1,7,9-10,14H2,2H3. The molecule has 0 bridgehead atoms. The fraction of sp³-hybridized carbons (Fsp3) is 0.308. The number of hydrogen-bond donors (Lipinski definition) is 1. The van der Waals surface area contributed by atoms with E-state index < -0.39 is 0 Å². The summed E-state index contributed by atoms with van der Waals surface area (Å²) in [6.45, 7) is 5.97. The number of hydrogen-bond acceptors (Lipinski definition) is 3. The summed E-state index contributed by atoms with van der Waals surface area (Å²) in [6.07, 6.45) is 0. The third-order valence-electron chi connectivity index (χ3n) is 2.29. The van der Waals surface area contributed by atoms with Crippen LogP contribution in [0, 0.1) is 11.3 Å². The molecule has 0 unspecified atom stereocenters. The average molecular weight is 215 g/mol. The quantitative estimate of drug-likeness (QED) is 0.757. The lowest BCUT2D eigenvalue weighted by Crippen LogP contribution is -2.23. The zero-order chi connectivity index (χ0) is 12.0. The Morgan fingerprint density at radius 2 is 2.31 bits per heavy atom. The Bertz CT molecular complexity index is 404. The molecule has 0 radical (unpaired) electrons. The lowest BCUT2D eigenvalue weighted by atomic mass is 10.1. The van der Waals surface area contributed by atoms with Gasteiger partial charge in [0.15, 0.2) is 0 Å². The Morgan fingerprint density at radius 1 is 1.56 bits per heavy atom. The van der Waals surface area contributed by atoms with Crippen LogP contribution in [0.3, 0.4) is 0 Å². The van der Waals surface area contributed by atoms with Crippen molar-refractivity contribution in [2.45, 2.75) is 6.54 Å². The normalized spacial score (nSPS) is 10.1. The molecule has 0 aliphatic carbocycles. The Labute approximate surface area is 96.8 Å². The first-order chi connectivity index (χ1) is 7.65. The van der Waals surface area contributed by atoms with Crippen LogP contribution in [0.5, 0.6) is 0 Å². The summed E-state index contributed by atoms with van der Waals surface area (Å²) in [5, 5.41) is 8.79. The van der Waals surface area contributed by atoms with Crippen LogP contribution in [-0.2, 0) is 6.54 Å². The summed E-state index contributed by atoms with van der Waals surface area (Å²) in [4.78, 5) is 2.13. The van der Waals surface area contributed by atoms with Gasteiger partial charge in [0.2, 0.25) is 0 Å². The summed E-state index contributed by atoms with van der Waals surface area (Å²) >= 11 is 0. The van der Waals surface area contributed by atoms with Crippen LogP contribution >= 0.6 is 0 Å². The van der Waals surface area contributed by atoms with E-state index in [1.807, 2.05) is 31.3 Å². The first-order valence-corrected chi connectivity index (χ1v) is 5.20. The van der Waals surface area contributed by atoms with Crippen molar-refractivity contribution in [3.63, 3.8) is 0 Å². The maximum absolute atomic E-state index is 8.79. The van der Waals surface area contributed by atoms with Gasteiger partial charge in [-0.05, 0) is 30.3 Å². The zero-order valence-electron chi connectivity index (χ0n) is 9.61. The molecule has 0 atom stereocenters. The highest BCUT2D eigenvalue weighted by Gasteiger charge is 2.02. The number of nitrogens with zero attached hydrogens (tertiary/aromatic N) is 2. The molecule has 0 saturated carbocycles. The molecule has 3 heteroatoms. The second-order valence-corrected chi connectivity index (χ2v) is 3.94. The topological polar surface area (TPSA) is 53.0 Å². The van der Waals surface area contributed by atoms with E-state index in [4.69, 9.17) is 11.0 Å². The van der Waals surface area contributed by atoms with Gasteiger partial charge in [-0.25, -0.2) is 0 Å². The average Bonchev–Trinajstić information content (AvgIpc) is 2.28. The molecule has 3 nitrogen and oxygen atoms in total. The van der Waals surface area contributed by atoms with Crippen LogP contribution in [0.1, 0.15) is 11.1 Å². The summed E-state index contributed by atoms with van der Waals surface area (Å²) in [7, 11) is 2.01. The number of likely N-dealkylation sites (N-methyl/N-ethyl adjacent to an activating group) is 1. The Balaban J connectivity index is 2.59. The van der Waals surface area contributed by atoms with E-state index in [0.717, 1.165) is 24.2 Å². The van der Waals surface area contributed by atoms with Gasteiger partial charge >= 0.3 is 0 Å². The summed E-state index contributed by atoms with van der Waals surface area (Å²) in [6, 6.07) is 9.77. The molecule has 0 aliphatic rings. The van der Waals surface area contributed by atoms with Gasteiger partial charge in [0.05, 0.1) is 11.6 Å². The van der Waals surface area contributed by atoms with Gasteiger partial charge in [-0.1, -0.05) is 18.7 Å². The lowest BCUT2D eigenvalue weighted by molar-refractivity contribution is 0.354. The van der Waals surface area contributed by atoms with Gasteiger partial charge in [0.1, 0.15) is 0 Å². The van der Waals surface area contributed by atoms with Gasteiger partial charge in [-0.2, -0.15) is 5.26 Å². The van der Waals surface area contributed by atoms with Gasteiger partial charge in [0.25, 0.3) is 0 Å². The fourth-order valence-electron chi connectivity index (χ4n) is 1.55. The zero-order valence-corrected chi connectivity index (χ0v) is 9.61. The van der Waals surface area contributed by atoms with E-state index in [2.05, 4.69) is 17.5 Å². The highest BCUT2D eigenvalue weighted by atomic mass is 15.1. The van der Waals surface area contributed by atoms with Crippen molar-refractivity contribution in [2.75, 3.05) is 20.1 Å². The smallest absolute Gasteiger partial charge is 0.0991 e. The van der Waals surface area contributed by atoms with E-state index in [0.29, 0.717) is 12.1 Å². The van der Waals surface area contributed by atoms with Crippen molar-refractivity contribution in [2.24, 2.45) is 5.73 Å². The third kappa shape index (κ3) is 3.85. The van der Waals surface area contributed by atoms with Gasteiger partial charge < -0.3 is 5.73 Å². The van der Waals surface area contributed by atoms with Crippen LogP contribution in [-0.4, -0.2) is 25.0 Å². The molecule has 16 heavy (non-hydrogen) atoms. The molecule has 0 aromatic heterocycles. The van der Waals surface area contributed by atoms with Crippen molar-refractivity contribution in [3.05, 3.63) is 47.5 Å². The summed E-state index contributed by atoms with van der Waals surface area (Å²) < 4.78 is 0. The highest BCUT2D eigenvalue weighted by molar-refractivity contribution is 5.32. The largest absolute Gasteiger partial charge is 0.327 e. The number of benzene rings is 1. The SMILES string of the molecule is C=C(CN)CN(C)Cc1cccc(C#N)c1. The monoisotopic (exact) mass is 215 g/mol. The van der Waals surface area contributed by atoms with Crippen molar-refractivity contribution in [1.29, 1.82) is 5.26 Å². The molecular formula is C13H17N3. The number of nitrogens with two attached hydrogens (primary N) is 1. The molecule has 0 aliphatic heterocycles. The maximum Gasteiger partial charge on any atom is 0.0991 e. The number of rotatable bonds is 5. The third-order valence-corrected chi connectivity index (χ3v) is 2.29. The van der Waals surface area contributed by atoms with E-state index in [1.54, 1.807) is 0 Å². The molecule has 0 fully saturated rings. The Morgan fingerprint density at radius 3 is 2.94 bits per heavy atom. The van der Waals surface area contributed by atoms with Crippen molar-refractivity contribution < 1.29 is 0 Å². The molecule has 1 aromatic carbocycles. The first kappa shape index (κ1) is 12.4. The Kier molecular flexibility index (Phi) is 4.71. The maximum atomic E-state index is 8.79. The van der Waals surface area contributed by atoms with E-state index in [9.17, 15) is 0 Å².